The third-order valence-corrected chi connectivity index (χ3v) is 6.35. The second-order valence-corrected chi connectivity index (χ2v) is 8.68. The summed E-state index contributed by atoms with van der Waals surface area (Å²) in [6, 6.07) is 30.1. The first-order chi connectivity index (χ1) is 18.6. The Morgan fingerprint density at radius 2 is 1.45 bits per heavy atom. The van der Waals surface area contributed by atoms with Crippen molar-refractivity contribution >= 4 is 24.0 Å². The molecule has 0 spiro atoms. The molecule has 0 aliphatic carbocycles. The summed E-state index contributed by atoms with van der Waals surface area (Å²) in [5.41, 5.74) is 2.58. The van der Waals surface area contributed by atoms with Crippen LogP contribution in [-0.4, -0.2) is 52.2 Å². The van der Waals surface area contributed by atoms with Crippen molar-refractivity contribution in [2.75, 3.05) is 29.9 Å². The summed E-state index contributed by atoms with van der Waals surface area (Å²) in [6.07, 6.45) is 1.60. The highest BCUT2D eigenvalue weighted by molar-refractivity contribution is 5.83. The minimum absolute atomic E-state index is 0.144. The Morgan fingerprint density at radius 3 is 1.89 bits per heavy atom. The van der Waals surface area contributed by atoms with Crippen molar-refractivity contribution in [3.63, 3.8) is 0 Å². The van der Waals surface area contributed by atoms with Crippen molar-refractivity contribution in [3.8, 4) is 0 Å². The van der Waals surface area contributed by atoms with Gasteiger partial charge in [-0.2, -0.15) is 5.10 Å². The molecule has 1 heterocycles. The molecule has 3 aromatic carbocycles. The molecule has 0 radical (unpaired) electrons. The van der Waals surface area contributed by atoms with E-state index in [4.69, 9.17) is 5.11 Å². The summed E-state index contributed by atoms with van der Waals surface area (Å²) in [5, 5.41) is 29.2. The van der Waals surface area contributed by atoms with Crippen LogP contribution in [0.1, 0.15) is 23.1 Å². The molecule has 38 heavy (non-hydrogen) atoms. The predicted molar refractivity (Wildman–Crippen MR) is 146 cm³/mol. The fourth-order valence-corrected chi connectivity index (χ4v) is 4.61. The molecule has 2 amide bonds. The van der Waals surface area contributed by atoms with E-state index in [1.165, 1.54) is 4.90 Å². The number of nitrogens with one attached hydrogen (secondary N) is 2. The maximum absolute atomic E-state index is 12.2. The molecule has 0 aliphatic heterocycles. The van der Waals surface area contributed by atoms with Crippen LogP contribution in [-0.2, 0) is 16.9 Å². The molecule has 196 valence electrons. The molecule has 4 aromatic rings. The number of carbonyl (C=O) groups is 2. The number of rotatable bonds is 13. The molecule has 9 heteroatoms. The molecule has 0 fully saturated rings. The maximum Gasteiger partial charge on any atom is 0.404 e. The molecule has 0 saturated carbocycles. The van der Waals surface area contributed by atoms with Gasteiger partial charge >= 0.3 is 6.09 Å². The van der Waals surface area contributed by atoms with Gasteiger partial charge in [0.1, 0.15) is 17.0 Å². The van der Waals surface area contributed by atoms with Gasteiger partial charge in [0.05, 0.1) is 19.3 Å². The van der Waals surface area contributed by atoms with Gasteiger partial charge in [0.15, 0.2) is 0 Å². The molecular formula is C29H31N5O4. The zero-order valence-corrected chi connectivity index (χ0v) is 20.9. The lowest BCUT2D eigenvalue weighted by Crippen LogP contribution is -2.39. The normalized spacial score (nSPS) is 11.1. The number of aliphatic hydroxyl groups is 1. The lowest BCUT2D eigenvalue weighted by molar-refractivity contribution is -0.107. The molecule has 0 aliphatic rings. The van der Waals surface area contributed by atoms with Gasteiger partial charge in [-0.05, 0) is 23.1 Å². The van der Waals surface area contributed by atoms with Crippen molar-refractivity contribution in [1.29, 1.82) is 0 Å². The number of carbonyl (C=O) groups excluding carboxylic acids is 1. The van der Waals surface area contributed by atoms with Gasteiger partial charge in [-0.1, -0.05) is 91.0 Å². The van der Waals surface area contributed by atoms with E-state index in [1.807, 2.05) is 54.6 Å². The van der Waals surface area contributed by atoms with Crippen LogP contribution in [0.4, 0.5) is 16.3 Å². The standard InChI is InChI=1S/C29H31N5O4/c35-20-19-34-27(26(21-31-34)33(22-36)18-10-17-30-28(37)38)32-29(23-11-4-1-5-12-23,24-13-6-2-7-14-24)25-15-8-3-9-16-25/h1-9,11-16,21-22,30,32,35H,10,17-20H2,(H,37,38). The SMILES string of the molecule is O=CN(CCCNC(=O)O)c1cnn(CCO)c1NC(c1ccccc1)(c1ccccc1)c1ccccc1. The second-order valence-electron chi connectivity index (χ2n) is 8.68. The Hall–Kier alpha value is -4.63. The van der Waals surface area contributed by atoms with Crippen LogP contribution in [0.2, 0.25) is 0 Å². The first-order valence-corrected chi connectivity index (χ1v) is 12.4. The van der Waals surface area contributed by atoms with Gasteiger partial charge in [0.25, 0.3) is 0 Å². The first-order valence-electron chi connectivity index (χ1n) is 12.4. The van der Waals surface area contributed by atoms with E-state index in [0.717, 1.165) is 16.7 Å². The van der Waals surface area contributed by atoms with Crippen molar-refractivity contribution in [1.82, 2.24) is 15.1 Å². The zero-order chi connectivity index (χ0) is 26.8. The van der Waals surface area contributed by atoms with Gasteiger partial charge in [-0.15, -0.1) is 0 Å². The van der Waals surface area contributed by atoms with Gasteiger partial charge in [0, 0.05) is 13.1 Å². The van der Waals surface area contributed by atoms with Gasteiger partial charge in [-0.25, -0.2) is 9.48 Å². The molecule has 0 bridgehead atoms. The third-order valence-electron chi connectivity index (χ3n) is 6.35. The zero-order valence-electron chi connectivity index (χ0n) is 20.9. The first kappa shape index (κ1) is 26.4. The number of aliphatic hydroxyl groups excluding tert-OH is 1. The average Bonchev–Trinajstić information content (AvgIpc) is 3.34. The Kier molecular flexibility index (Phi) is 8.73. The van der Waals surface area contributed by atoms with E-state index >= 15 is 0 Å². The molecular weight excluding hydrogens is 482 g/mol. The second kappa shape index (κ2) is 12.6. The Balaban J connectivity index is 1.87. The summed E-state index contributed by atoms with van der Waals surface area (Å²) in [6.45, 7) is 0.548. The van der Waals surface area contributed by atoms with Crippen molar-refractivity contribution in [3.05, 3.63) is 114 Å². The summed E-state index contributed by atoms with van der Waals surface area (Å²) in [4.78, 5) is 24.5. The van der Waals surface area contributed by atoms with Gasteiger partial charge in [-0.3, -0.25) is 4.79 Å². The van der Waals surface area contributed by atoms with Crippen LogP contribution in [0.5, 0.6) is 0 Å². The highest BCUT2D eigenvalue weighted by Gasteiger charge is 2.38. The molecule has 0 unspecified atom stereocenters. The Labute approximate surface area is 221 Å². The van der Waals surface area contributed by atoms with E-state index in [2.05, 4.69) is 52.1 Å². The molecule has 4 N–H and O–H groups in total. The van der Waals surface area contributed by atoms with Gasteiger partial charge in [0.2, 0.25) is 6.41 Å². The predicted octanol–water partition coefficient (Wildman–Crippen LogP) is 3.90. The number of hydrogen-bond donors (Lipinski definition) is 4. The van der Waals surface area contributed by atoms with Crippen molar-refractivity contribution < 1.29 is 19.8 Å². The Bertz CT molecular complexity index is 1220. The summed E-state index contributed by atoms with van der Waals surface area (Å²) >= 11 is 0. The minimum Gasteiger partial charge on any atom is -0.465 e. The monoisotopic (exact) mass is 513 g/mol. The van der Waals surface area contributed by atoms with Crippen LogP contribution in [0.15, 0.2) is 97.2 Å². The van der Waals surface area contributed by atoms with Crippen LogP contribution in [0.25, 0.3) is 0 Å². The number of anilines is 2. The lowest BCUT2D eigenvalue weighted by Gasteiger charge is -2.38. The van der Waals surface area contributed by atoms with Crippen LogP contribution < -0.4 is 15.5 Å². The quantitative estimate of drug-likeness (QED) is 0.122. The molecule has 1 aromatic heterocycles. The number of amides is 2. The molecule has 0 saturated heterocycles. The minimum atomic E-state index is -1.11. The highest BCUT2D eigenvalue weighted by atomic mass is 16.4. The van der Waals surface area contributed by atoms with E-state index in [1.54, 1.807) is 10.9 Å². The third kappa shape index (κ3) is 5.68. The maximum atomic E-state index is 12.2. The van der Waals surface area contributed by atoms with E-state index in [-0.39, 0.29) is 26.2 Å². The number of nitrogens with zero attached hydrogens (tertiary/aromatic N) is 3. The number of aromatic nitrogens is 2. The average molecular weight is 514 g/mol. The summed E-state index contributed by atoms with van der Waals surface area (Å²) in [7, 11) is 0. The van der Waals surface area contributed by atoms with Crippen molar-refractivity contribution in [2.24, 2.45) is 0 Å². The smallest absolute Gasteiger partial charge is 0.404 e. The Morgan fingerprint density at radius 1 is 0.921 bits per heavy atom. The number of carboxylic acid groups (broad SMARTS) is 1. The lowest BCUT2D eigenvalue weighted by atomic mass is 9.77. The molecule has 4 rings (SSSR count). The summed E-state index contributed by atoms with van der Waals surface area (Å²) < 4.78 is 1.64. The fraction of sp³-hybridized carbons (Fsp3) is 0.207. The number of hydrogen-bond acceptors (Lipinski definition) is 5. The summed E-state index contributed by atoms with van der Waals surface area (Å²) in [5.74, 6) is 0.550. The van der Waals surface area contributed by atoms with Crippen LogP contribution >= 0.6 is 0 Å². The van der Waals surface area contributed by atoms with Gasteiger partial charge < -0.3 is 25.7 Å². The largest absolute Gasteiger partial charge is 0.465 e. The topological polar surface area (TPSA) is 120 Å². The number of benzene rings is 3. The van der Waals surface area contributed by atoms with Crippen molar-refractivity contribution in [2.45, 2.75) is 18.5 Å². The van der Waals surface area contributed by atoms with Crippen LogP contribution in [0.3, 0.4) is 0 Å². The molecule has 9 nitrogen and oxygen atoms in total. The van der Waals surface area contributed by atoms with E-state index in [9.17, 15) is 14.7 Å². The van der Waals surface area contributed by atoms with E-state index < -0.39 is 11.6 Å². The van der Waals surface area contributed by atoms with Crippen LogP contribution in [0, 0.1) is 0 Å². The highest BCUT2D eigenvalue weighted by Crippen LogP contribution is 2.42. The van der Waals surface area contributed by atoms with E-state index in [0.29, 0.717) is 24.3 Å². The fourth-order valence-electron chi connectivity index (χ4n) is 4.61. The molecule has 0 atom stereocenters.